The zero-order chi connectivity index (χ0) is 19.9. The molecule has 0 radical (unpaired) electrons. The highest BCUT2D eigenvalue weighted by atomic mass is 16.4. The fourth-order valence-corrected chi connectivity index (χ4v) is 5.20. The van der Waals surface area contributed by atoms with E-state index in [1.165, 1.54) is 23.3 Å². The molecule has 1 aromatic carbocycles. The van der Waals surface area contributed by atoms with Gasteiger partial charge in [0.05, 0.1) is 6.42 Å². The molecular weight excluding hydrogens is 340 g/mol. The minimum atomic E-state index is -1.03. The molecule has 0 spiro atoms. The summed E-state index contributed by atoms with van der Waals surface area (Å²) in [4.78, 5) is 10.9. The fourth-order valence-electron chi connectivity index (χ4n) is 5.20. The topological polar surface area (TPSA) is 77.8 Å². The van der Waals surface area contributed by atoms with Gasteiger partial charge in [-0.3, -0.25) is 4.79 Å². The van der Waals surface area contributed by atoms with Crippen LogP contribution >= 0.6 is 0 Å². The number of fused-ring (bicyclic) bond motifs is 1. The number of carboxylic acid groups (broad SMARTS) is 1. The molecule has 3 N–H and O–H groups in total. The van der Waals surface area contributed by atoms with Gasteiger partial charge in [0.1, 0.15) is 11.5 Å². The maximum Gasteiger partial charge on any atom is 0.307 e. The molecule has 0 aliphatic heterocycles. The first kappa shape index (κ1) is 19.5. The van der Waals surface area contributed by atoms with Crippen LogP contribution in [0, 0.1) is 23.2 Å². The molecule has 4 heteroatoms. The van der Waals surface area contributed by atoms with Crippen molar-refractivity contribution < 1.29 is 20.1 Å². The summed E-state index contributed by atoms with van der Waals surface area (Å²) in [6.07, 6.45) is 5.90. The van der Waals surface area contributed by atoms with E-state index in [-0.39, 0.29) is 34.8 Å². The maximum atomic E-state index is 10.9. The zero-order valence-electron chi connectivity index (χ0n) is 16.5. The lowest BCUT2D eigenvalue weighted by Crippen LogP contribution is -2.44. The van der Waals surface area contributed by atoms with Crippen LogP contribution in [0.25, 0.3) is 0 Å². The lowest BCUT2D eigenvalue weighted by Gasteiger charge is -2.52. The first-order chi connectivity index (χ1) is 12.6. The van der Waals surface area contributed by atoms with Crippen LogP contribution in [0.2, 0.25) is 0 Å². The number of allylic oxidation sites excluding steroid dienone is 3. The Balaban J connectivity index is 1.93. The Kier molecular flexibility index (Phi) is 5.11. The van der Waals surface area contributed by atoms with Gasteiger partial charge >= 0.3 is 5.97 Å². The van der Waals surface area contributed by atoms with Crippen molar-refractivity contribution in [3.63, 3.8) is 0 Å². The predicted octanol–water partition coefficient (Wildman–Crippen LogP) is 4.84. The number of carboxylic acids is 1. The van der Waals surface area contributed by atoms with Gasteiger partial charge in [-0.05, 0) is 73.5 Å². The summed E-state index contributed by atoms with van der Waals surface area (Å²) in [5.74, 6) is 0.210. The van der Waals surface area contributed by atoms with Gasteiger partial charge in [0.15, 0.2) is 0 Å². The molecule has 0 unspecified atom stereocenters. The predicted molar refractivity (Wildman–Crippen MR) is 106 cm³/mol. The van der Waals surface area contributed by atoms with E-state index in [4.69, 9.17) is 5.11 Å². The summed E-state index contributed by atoms with van der Waals surface area (Å²) in [5.41, 5.74) is 3.66. The molecule has 0 aromatic heterocycles. The number of hydrogen-bond donors (Lipinski definition) is 3. The van der Waals surface area contributed by atoms with E-state index in [1.54, 1.807) is 0 Å². The molecule has 3 rings (SSSR count). The van der Waals surface area contributed by atoms with Gasteiger partial charge in [0.2, 0.25) is 0 Å². The van der Waals surface area contributed by atoms with Gasteiger partial charge in [-0.15, -0.1) is 0 Å². The molecule has 27 heavy (non-hydrogen) atoms. The standard InChI is InChI=1S/C23H30O4/c1-13-7-8-23(4)18(15(13)3)6-5-14(2)19(23)9-16-10-21(25)17(11-20(16)24)12-22(26)27/h5,10-11,13,18-19,24-25H,3,6-9,12H2,1-2,4H3,(H,26,27)/t13-,18+,19-,23+/m1/s1. The molecule has 146 valence electrons. The molecule has 1 fully saturated rings. The van der Waals surface area contributed by atoms with Crippen molar-refractivity contribution in [3.8, 4) is 11.5 Å². The summed E-state index contributed by atoms with van der Waals surface area (Å²) in [6.45, 7) is 11.1. The number of phenolic OH excluding ortho intramolecular Hbond substituents is 2. The van der Waals surface area contributed by atoms with Crippen molar-refractivity contribution in [2.75, 3.05) is 0 Å². The average Bonchev–Trinajstić information content (AvgIpc) is 2.58. The Hall–Kier alpha value is -2.23. The molecule has 0 amide bonds. The van der Waals surface area contributed by atoms with Crippen molar-refractivity contribution in [1.29, 1.82) is 0 Å². The van der Waals surface area contributed by atoms with E-state index in [0.29, 0.717) is 23.8 Å². The van der Waals surface area contributed by atoms with Crippen LogP contribution in [0.3, 0.4) is 0 Å². The van der Waals surface area contributed by atoms with Crippen molar-refractivity contribution in [2.24, 2.45) is 23.2 Å². The molecule has 2 aliphatic carbocycles. The minimum absolute atomic E-state index is 0.0607. The summed E-state index contributed by atoms with van der Waals surface area (Å²) in [7, 11) is 0. The first-order valence-electron chi connectivity index (χ1n) is 9.74. The molecule has 0 heterocycles. The molecule has 0 bridgehead atoms. The molecular formula is C23H30O4. The Morgan fingerprint density at radius 2 is 1.89 bits per heavy atom. The fraction of sp³-hybridized carbons (Fsp3) is 0.522. The number of hydrogen-bond acceptors (Lipinski definition) is 3. The lowest BCUT2D eigenvalue weighted by molar-refractivity contribution is -0.136. The lowest BCUT2D eigenvalue weighted by atomic mass is 9.52. The molecule has 4 atom stereocenters. The van der Waals surface area contributed by atoms with Gasteiger partial charge in [-0.2, -0.15) is 0 Å². The SMILES string of the molecule is C=C1[C@H](C)CC[C@]2(C)[C@H](Cc3cc(O)c(CC(=O)O)cc3O)C(C)=CC[C@@H]12. The average molecular weight is 370 g/mol. The van der Waals surface area contributed by atoms with Crippen molar-refractivity contribution in [1.82, 2.24) is 0 Å². The Morgan fingerprint density at radius 3 is 2.56 bits per heavy atom. The molecule has 4 nitrogen and oxygen atoms in total. The van der Waals surface area contributed by atoms with Crippen molar-refractivity contribution in [2.45, 2.75) is 52.9 Å². The van der Waals surface area contributed by atoms with Crippen LogP contribution < -0.4 is 0 Å². The highest BCUT2D eigenvalue weighted by Crippen LogP contribution is 2.57. The highest BCUT2D eigenvalue weighted by Gasteiger charge is 2.48. The second-order valence-electron chi connectivity index (χ2n) is 8.69. The number of aromatic hydroxyl groups is 2. The van der Waals surface area contributed by atoms with E-state index >= 15 is 0 Å². The number of benzene rings is 1. The second kappa shape index (κ2) is 7.06. The summed E-state index contributed by atoms with van der Waals surface area (Å²) >= 11 is 0. The monoisotopic (exact) mass is 370 g/mol. The first-order valence-corrected chi connectivity index (χ1v) is 9.74. The molecule has 2 aliphatic rings. The van der Waals surface area contributed by atoms with Crippen LogP contribution in [0.15, 0.2) is 35.9 Å². The van der Waals surface area contributed by atoms with Crippen LogP contribution in [-0.4, -0.2) is 21.3 Å². The number of rotatable bonds is 4. The van der Waals surface area contributed by atoms with E-state index in [0.717, 1.165) is 19.3 Å². The Morgan fingerprint density at radius 1 is 1.26 bits per heavy atom. The van der Waals surface area contributed by atoms with Gasteiger partial charge in [-0.1, -0.05) is 37.6 Å². The Labute approximate surface area is 161 Å². The van der Waals surface area contributed by atoms with Gasteiger partial charge in [0.25, 0.3) is 0 Å². The van der Waals surface area contributed by atoms with Gasteiger partial charge < -0.3 is 15.3 Å². The third kappa shape index (κ3) is 3.50. The van der Waals surface area contributed by atoms with Crippen LogP contribution in [-0.2, 0) is 17.6 Å². The molecule has 1 aromatic rings. The van der Waals surface area contributed by atoms with E-state index in [9.17, 15) is 15.0 Å². The maximum absolute atomic E-state index is 10.9. The second-order valence-corrected chi connectivity index (χ2v) is 8.69. The van der Waals surface area contributed by atoms with E-state index in [1.807, 2.05) is 0 Å². The normalized spacial score (nSPS) is 30.6. The number of carbonyl (C=O) groups is 1. The largest absolute Gasteiger partial charge is 0.508 e. The van der Waals surface area contributed by atoms with Crippen LogP contribution in [0.4, 0.5) is 0 Å². The summed E-state index contributed by atoms with van der Waals surface area (Å²) in [5, 5.41) is 29.7. The highest BCUT2D eigenvalue weighted by molar-refractivity contribution is 5.71. The number of aliphatic carboxylic acids is 1. The van der Waals surface area contributed by atoms with E-state index < -0.39 is 5.97 Å². The van der Waals surface area contributed by atoms with Gasteiger partial charge in [0, 0.05) is 5.56 Å². The summed E-state index contributed by atoms with van der Waals surface area (Å²) < 4.78 is 0. The Bertz CT molecular complexity index is 807. The zero-order valence-corrected chi connectivity index (χ0v) is 16.5. The van der Waals surface area contributed by atoms with Crippen molar-refractivity contribution >= 4 is 5.97 Å². The number of phenols is 2. The smallest absolute Gasteiger partial charge is 0.307 e. The van der Waals surface area contributed by atoms with Gasteiger partial charge in [-0.25, -0.2) is 0 Å². The third-order valence-electron chi connectivity index (χ3n) is 7.06. The van der Waals surface area contributed by atoms with Crippen molar-refractivity contribution in [3.05, 3.63) is 47.1 Å². The van der Waals surface area contributed by atoms with Crippen LogP contribution in [0.1, 0.15) is 51.2 Å². The third-order valence-corrected chi connectivity index (χ3v) is 7.06. The summed E-state index contributed by atoms with van der Waals surface area (Å²) in [6, 6.07) is 2.93. The van der Waals surface area contributed by atoms with E-state index in [2.05, 4.69) is 33.4 Å². The molecule has 1 saturated carbocycles. The minimum Gasteiger partial charge on any atom is -0.508 e. The van der Waals surface area contributed by atoms with Crippen LogP contribution in [0.5, 0.6) is 11.5 Å². The quantitative estimate of drug-likeness (QED) is 0.523. The molecule has 0 saturated heterocycles.